The van der Waals surface area contributed by atoms with Gasteiger partial charge in [-0.2, -0.15) is 8.42 Å². The van der Waals surface area contributed by atoms with Crippen LogP contribution in [0, 0.1) is 0 Å². The molecule has 0 unspecified atom stereocenters. The molecule has 0 aromatic rings. The van der Waals surface area contributed by atoms with Crippen molar-refractivity contribution < 1.29 is 13.0 Å². The summed E-state index contributed by atoms with van der Waals surface area (Å²) in [6, 6.07) is 0. The first-order valence-electron chi connectivity index (χ1n) is 2.36. The highest BCUT2D eigenvalue weighted by atomic mass is 32.2. The van der Waals surface area contributed by atoms with Gasteiger partial charge in [0.1, 0.15) is 0 Å². The molecule has 0 atom stereocenters. The second kappa shape index (κ2) is 3.47. The lowest BCUT2D eigenvalue weighted by Crippen LogP contribution is -2.17. The molecule has 5 heteroatoms. The quantitative estimate of drug-likeness (QED) is 0.424. The maximum Gasteiger partial charge on any atom is 0.266 e. The van der Waals surface area contributed by atoms with Crippen LogP contribution in [0.25, 0.3) is 0 Å². The second-order valence-electron chi connectivity index (χ2n) is 1.44. The Hall–Kier alpha value is -0.550. The van der Waals surface area contributed by atoms with E-state index in [0.717, 1.165) is 0 Å². The van der Waals surface area contributed by atoms with Crippen LogP contribution in [0.3, 0.4) is 0 Å². The molecule has 0 amide bonds. The first-order chi connectivity index (χ1) is 4.06. The van der Waals surface area contributed by atoms with E-state index < -0.39 is 10.1 Å². The van der Waals surface area contributed by atoms with Gasteiger partial charge in [-0.1, -0.05) is 6.58 Å². The first kappa shape index (κ1) is 8.45. The number of hydrogen-bond acceptors (Lipinski definition) is 3. The average Bonchev–Trinajstić information content (AvgIpc) is 1.63. The molecule has 4 nitrogen and oxygen atoms in total. The van der Waals surface area contributed by atoms with E-state index >= 15 is 0 Å². The van der Waals surface area contributed by atoms with Gasteiger partial charge >= 0.3 is 0 Å². The fourth-order valence-electron chi connectivity index (χ4n) is 0.290. The molecular formula is C4H9NO3S. The number of nitrogens with one attached hydrogen (secondary N) is 1. The summed E-state index contributed by atoms with van der Waals surface area (Å²) in [7, 11) is -3.81. The van der Waals surface area contributed by atoms with Crippen LogP contribution < -0.4 is 5.32 Å². The van der Waals surface area contributed by atoms with Gasteiger partial charge in [-0.25, -0.2) is 0 Å². The molecule has 2 N–H and O–H groups in total. The summed E-state index contributed by atoms with van der Waals surface area (Å²) in [5.74, 6) is -0.279. The molecule has 0 saturated heterocycles. The topological polar surface area (TPSA) is 66.4 Å². The maximum absolute atomic E-state index is 9.99. The molecule has 0 heterocycles. The van der Waals surface area contributed by atoms with Gasteiger partial charge in [0.25, 0.3) is 10.1 Å². The first-order valence-corrected chi connectivity index (χ1v) is 3.96. The molecule has 0 aliphatic carbocycles. The van der Waals surface area contributed by atoms with Crippen molar-refractivity contribution in [3.8, 4) is 0 Å². The van der Waals surface area contributed by atoms with Crippen LogP contribution >= 0.6 is 0 Å². The van der Waals surface area contributed by atoms with Crippen LogP contribution in [-0.4, -0.2) is 25.3 Å². The summed E-state index contributed by atoms with van der Waals surface area (Å²) in [5, 5.41) is 2.53. The third-order valence-corrected chi connectivity index (χ3v) is 1.37. The molecule has 0 spiro atoms. The molecule has 0 bridgehead atoms. The fourth-order valence-corrected chi connectivity index (χ4v) is 0.666. The maximum atomic E-state index is 9.99. The fraction of sp³-hybridized carbons (Fsp3) is 0.500. The Kier molecular flexibility index (Phi) is 3.26. The Bertz CT molecular complexity index is 172. The van der Waals surface area contributed by atoms with Crippen molar-refractivity contribution >= 4 is 10.1 Å². The Morgan fingerprint density at radius 1 is 1.67 bits per heavy atom. The van der Waals surface area contributed by atoms with Crippen molar-refractivity contribution in [2.24, 2.45) is 0 Å². The summed E-state index contributed by atoms with van der Waals surface area (Å²) >= 11 is 0. The predicted molar refractivity (Wildman–Crippen MR) is 34.6 cm³/mol. The Morgan fingerprint density at radius 3 is 2.56 bits per heavy atom. The highest BCUT2D eigenvalue weighted by Gasteiger charge is 2.00. The van der Waals surface area contributed by atoms with E-state index in [1.54, 1.807) is 0 Å². The van der Waals surface area contributed by atoms with Crippen LogP contribution in [0.2, 0.25) is 0 Å². The van der Waals surface area contributed by atoms with E-state index in [0.29, 0.717) is 0 Å². The Balaban J connectivity index is 3.40. The lowest BCUT2D eigenvalue weighted by atomic mass is 10.7. The highest BCUT2D eigenvalue weighted by molar-refractivity contribution is 7.85. The zero-order chi connectivity index (χ0) is 7.33. The standard InChI is InChI=1S/C4H9NO3S/c1-2-5-3-4-9(6,7)8/h2,5H,1,3-4H2,(H,6,7,8). The minimum atomic E-state index is -3.81. The van der Waals surface area contributed by atoms with Gasteiger partial charge < -0.3 is 5.32 Å². The SMILES string of the molecule is C=CNCCS(=O)(=O)O. The van der Waals surface area contributed by atoms with Crippen LogP contribution in [-0.2, 0) is 10.1 Å². The van der Waals surface area contributed by atoms with Gasteiger partial charge in [0.15, 0.2) is 0 Å². The van der Waals surface area contributed by atoms with Crippen molar-refractivity contribution in [3.05, 3.63) is 12.8 Å². The third kappa shape index (κ3) is 7.45. The minimum absolute atomic E-state index is 0.197. The molecule has 9 heavy (non-hydrogen) atoms. The van der Waals surface area contributed by atoms with Gasteiger partial charge in [-0.3, -0.25) is 4.55 Å². The largest absolute Gasteiger partial charge is 0.390 e. The monoisotopic (exact) mass is 151 g/mol. The normalized spacial score (nSPS) is 10.8. The van der Waals surface area contributed by atoms with Crippen molar-refractivity contribution in [3.63, 3.8) is 0 Å². The molecule has 0 aliphatic heterocycles. The van der Waals surface area contributed by atoms with E-state index in [2.05, 4.69) is 11.9 Å². The van der Waals surface area contributed by atoms with E-state index in [4.69, 9.17) is 4.55 Å². The van der Waals surface area contributed by atoms with Gasteiger partial charge in [0.05, 0.1) is 5.75 Å². The summed E-state index contributed by atoms with van der Waals surface area (Å²) in [6.45, 7) is 3.49. The summed E-state index contributed by atoms with van der Waals surface area (Å²) in [6.07, 6.45) is 1.37. The molecule has 0 rings (SSSR count). The molecule has 0 aromatic carbocycles. The molecule has 0 saturated carbocycles. The van der Waals surface area contributed by atoms with Crippen LogP contribution in [0.4, 0.5) is 0 Å². The summed E-state index contributed by atoms with van der Waals surface area (Å²) in [4.78, 5) is 0. The average molecular weight is 151 g/mol. The molecular weight excluding hydrogens is 142 g/mol. The number of rotatable bonds is 4. The van der Waals surface area contributed by atoms with E-state index in [1.807, 2.05) is 0 Å². The van der Waals surface area contributed by atoms with Gasteiger partial charge in [-0.05, 0) is 6.20 Å². The zero-order valence-electron chi connectivity index (χ0n) is 4.87. The van der Waals surface area contributed by atoms with E-state index in [1.165, 1.54) is 6.20 Å². The van der Waals surface area contributed by atoms with Crippen LogP contribution in [0.15, 0.2) is 12.8 Å². The molecule has 0 aromatic heterocycles. The molecule has 0 radical (unpaired) electrons. The highest BCUT2D eigenvalue weighted by Crippen LogP contribution is 1.77. The molecule has 0 aliphatic rings. The predicted octanol–water partition coefficient (Wildman–Crippen LogP) is -0.393. The van der Waals surface area contributed by atoms with Crippen LogP contribution in [0.1, 0.15) is 0 Å². The summed E-state index contributed by atoms with van der Waals surface area (Å²) in [5.41, 5.74) is 0. The van der Waals surface area contributed by atoms with Crippen molar-refractivity contribution in [1.82, 2.24) is 5.32 Å². The lowest BCUT2D eigenvalue weighted by molar-refractivity contribution is 0.482. The van der Waals surface area contributed by atoms with Crippen LogP contribution in [0.5, 0.6) is 0 Å². The van der Waals surface area contributed by atoms with E-state index in [-0.39, 0.29) is 12.3 Å². The smallest absolute Gasteiger partial charge is 0.266 e. The summed E-state index contributed by atoms with van der Waals surface area (Å²) < 4.78 is 28.1. The molecule has 54 valence electrons. The van der Waals surface area contributed by atoms with Crippen molar-refractivity contribution in [2.45, 2.75) is 0 Å². The minimum Gasteiger partial charge on any atom is -0.390 e. The van der Waals surface area contributed by atoms with E-state index in [9.17, 15) is 8.42 Å². The van der Waals surface area contributed by atoms with Crippen molar-refractivity contribution in [1.29, 1.82) is 0 Å². The van der Waals surface area contributed by atoms with Gasteiger partial charge in [0, 0.05) is 6.54 Å². The van der Waals surface area contributed by atoms with Crippen molar-refractivity contribution in [2.75, 3.05) is 12.3 Å². The number of hydrogen-bond donors (Lipinski definition) is 2. The third-order valence-electron chi connectivity index (χ3n) is 0.649. The Labute approximate surface area is 54.3 Å². The molecule has 0 fully saturated rings. The van der Waals surface area contributed by atoms with Gasteiger partial charge in [0.2, 0.25) is 0 Å². The Morgan fingerprint density at radius 2 is 2.22 bits per heavy atom. The zero-order valence-corrected chi connectivity index (χ0v) is 5.69. The lowest BCUT2D eigenvalue weighted by Gasteiger charge is -1.94. The second-order valence-corrected chi connectivity index (χ2v) is 3.02. The van der Waals surface area contributed by atoms with Gasteiger partial charge in [-0.15, -0.1) is 0 Å².